The number of hydrogen-bond donors (Lipinski definition) is 1. The minimum Gasteiger partial charge on any atom is -0.478 e. The highest BCUT2D eigenvalue weighted by Gasteiger charge is 1.98. The van der Waals surface area contributed by atoms with Crippen molar-refractivity contribution < 1.29 is 9.90 Å². The quantitative estimate of drug-likeness (QED) is 0.673. The molecule has 0 bridgehead atoms. The van der Waals surface area contributed by atoms with Gasteiger partial charge in [-0.2, -0.15) is 0 Å². The van der Waals surface area contributed by atoms with Crippen molar-refractivity contribution in [2.75, 3.05) is 0 Å². The summed E-state index contributed by atoms with van der Waals surface area (Å²) >= 11 is 0. The van der Waals surface area contributed by atoms with Crippen molar-refractivity contribution in [3.8, 4) is 0 Å². The van der Waals surface area contributed by atoms with Gasteiger partial charge in [0, 0.05) is 5.57 Å². The monoisotopic (exact) mass is 161 g/mol. The SMILES string of the molecule is C/C(=C/c1cc[c]cc1)C(=O)O. The van der Waals surface area contributed by atoms with E-state index in [1.807, 2.05) is 12.1 Å². The highest BCUT2D eigenvalue weighted by atomic mass is 16.4. The van der Waals surface area contributed by atoms with Crippen LogP contribution in [0.1, 0.15) is 12.5 Å². The van der Waals surface area contributed by atoms with E-state index in [9.17, 15) is 4.79 Å². The van der Waals surface area contributed by atoms with Gasteiger partial charge in [0.15, 0.2) is 0 Å². The van der Waals surface area contributed by atoms with Crippen molar-refractivity contribution in [3.05, 3.63) is 41.5 Å². The largest absolute Gasteiger partial charge is 0.478 e. The number of carbonyl (C=O) groups is 1. The van der Waals surface area contributed by atoms with Gasteiger partial charge in [0.2, 0.25) is 0 Å². The Bertz CT molecular complexity index is 299. The van der Waals surface area contributed by atoms with Gasteiger partial charge in [0.25, 0.3) is 0 Å². The normalized spacial score (nSPS) is 11.2. The van der Waals surface area contributed by atoms with Gasteiger partial charge < -0.3 is 5.11 Å². The molecule has 2 heteroatoms. The van der Waals surface area contributed by atoms with E-state index < -0.39 is 5.97 Å². The first kappa shape index (κ1) is 8.53. The topological polar surface area (TPSA) is 37.3 Å². The Morgan fingerprint density at radius 2 is 2.08 bits per heavy atom. The van der Waals surface area contributed by atoms with E-state index in [-0.39, 0.29) is 0 Å². The van der Waals surface area contributed by atoms with Crippen molar-refractivity contribution >= 4 is 12.0 Å². The molecular formula is C10H9O2. The average Bonchev–Trinajstić information content (AvgIpc) is 2.06. The summed E-state index contributed by atoms with van der Waals surface area (Å²) in [7, 11) is 0. The van der Waals surface area contributed by atoms with E-state index in [1.54, 1.807) is 25.1 Å². The van der Waals surface area contributed by atoms with E-state index in [4.69, 9.17) is 5.11 Å². The lowest BCUT2D eigenvalue weighted by molar-refractivity contribution is -0.132. The molecule has 0 unspecified atom stereocenters. The first-order valence-electron chi connectivity index (χ1n) is 3.58. The van der Waals surface area contributed by atoms with Crippen LogP contribution in [-0.2, 0) is 4.79 Å². The second-order valence-corrected chi connectivity index (χ2v) is 2.47. The van der Waals surface area contributed by atoms with Gasteiger partial charge in [0.05, 0.1) is 0 Å². The number of hydrogen-bond acceptors (Lipinski definition) is 1. The molecule has 1 aromatic rings. The average molecular weight is 161 g/mol. The summed E-state index contributed by atoms with van der Waals surface area (Å²) in [4.78, 5) is 10.4. The van der Waals surface area contributed by atoms with Gasteiger partial charge in [-0.1, -0.05) is 24.3 Å². The molecule has 0 atom stereocenters. The highest BCUT2D eigenvalue weighted by molar-refractivity contribution is 5.91. The molecule has 0 amide bonds. The number of carboxylic acid groups (broad SMARTS) is 1. The Kier molecular flexibility index (Phi) is 2.64. The minimum absolute atomic E-state index is 0.334. The van der Waals surface area contributed by atoms with Gasteiger partial charge in [0.1, 0.15) is 0 Å². The van der Waals surface area contributed by atoms with Gasteiger partial charge >= 0.3 is 5.97 Å². The van der Waals surface area contributed by atoms with Crippen LogP contribution in [0.15, 0.2) is 29.8 Å². The molecule has 1 N–H and O–H groups in total. The zero-order chi connectivity index (χ0) is 8.97. The summed E-state index contributed by atoms with van der Waals surface area (Å²) < 4.78 is 0. The van der Waals surface area contributed by atoms with Crippen LogP contribution in [0.5, 0.6) is 0 Å². The van der Waals surface area contributed by atoms with E-state index in [0.29, 0.717) is 5.57 Å². The molecule has 0 aliphatic rings. The molecular weight excluding hydrogens is 152 g/mol. The minimum atomic E-state index is -0.886. The second-order valence-electron chi connectivity index (χ2n) is 2.47. The first-order chi connectivity index (χ1) is 5.70. The van der Waals surface area contributed by atoms with Crippen LogP contribution in [0.25, 0.3) is 6.08 Å². The number of benzene rings is 1. The lowest BCUT2D eigenvalue weighted by Gasteiger charge is -1.93. The second kappa shape index (κ2) is 3.72. The summed E-state index contributed by atoms with van der Waals surface area (Å²) in [6.07, 6.45) is 1.62. The number of rotatable bonds is 2. The molecule has 2 nitrogen and oxygen atoms in total. The zero-order valence-electron chi connectivity index (χ0n) is 6.74. The maximum atomic E-state index is 10.4. The third-order valence-electron chi connectivity index (χ3n) is 1.46. The maximum absolute atomic E-state index is 10.4. The molecule has 61 valence electrons. The Hall–Kier alpha value is -1.57. The molecule has 0 aliphatic heterocycles. The van der Waals surface area contributed by atoms with Crippen LogP contribution in [0.4, 0.5) is 0 Å². The number of aliphatic carboxylic acids is 1. The van der Waals surface area contributed by atoms with Crippen LogP contribution in [-0.4, -0.2) is 11.1 Å². The summed E-state index contributed by atoms with van der Waals surface area (Å²) in [5, 5.41) is 8.57. The lowest BCUT2D eigenvalue weighted by atomic mass is 10.1. The number of carboxylic acids is 1. The van der Waals surface area contributed by atoms with E-state index in [2.05, 4.69) is 6.07 Å². The smallest absolute Gasteiger partial charge is 0.331 e. The summed E-state index contributed by atoms with van der Waals surface area (Å²) in [6, 6.07) is 9.98. The fourth-order valence-corrected chi connectivity index (χ4v) is 0.808. The predicted molar refractivity (Wildman–Crippen MR) is 46.6 cm³/mol. The zero-order valence-corrected chi connectivity index (χ0v) is 6.74. The molecule has 0 fully saturated rings. The van der Waals surface area contributed by atoms with Gasteiger partial charge in [-0.25, -0.2) is 4.79 Å². The third kappa shape index (κ3) is 2.23. The van der Waals surface area contributed by atoms with Crippen molar-refractivity contribution in [2.45, 2.75) is 6.92 Å². The van der Waals surface area contributed by atoms with Crippen LogP contribution in [0.2, 0.25) is 0 Å². The molecule has 0 saturated carbocycles. The van der Waals surface area contributed by atoms with Crippen LogP contribution in [0.3, 0.4) is 0 Å². The molecule has 1 rings (SSSR count). The van der Waals surface area contributed by atoms with Crippen molar-refractivity contribution in [2.24, 2.45) is 0 Å². The third-order valence-corrected chi connectivity index (χ3v) is 1.46. The molecule has 1 aromatic carbocycles. The fourth-order valence-electron chi connectivity index (χ4n) is 0.808. The first-order valence-corrected chi connectivity index (χ1v) is 3.58. The molecule has 12 heavy (non-hydrogen) atoms. The predicted octanol–water partition coefficient (Wildman–Crippen LogP) is 1.97. The Morgan fingerprint density at radius 1 is 1.50 bits per heavy atom. The van der Waals surface area contributed by atoms with Crippen LogP contribution >= 0.6 is 0 Å². The van der Waals surface area contributed by atoms with Crippen molar-refractivity contribution in [1.82, 2.24) is 0 Å². The molecule has 0 heterocycles. The fraction of sp³-hybridized carbons (Fsp3) is 0.100. The van der Waals surface area contributed by atoms with E-state index in [0.717, 1.165) is 5.56 Å². The molecule has 0 spiro atoms. The highest BCUT2D eigenvalue weighted by Crippen LogP contribution is 2.05. The molecule has 1 radical (unpaired) electrons. The van der Waals surface area contributed by atoms with Crippen LogP contribution < -0.4 is 0 Å². The standard InChI is InChI=1S/C10H9O2/c1-8(10(11)12)7-9-5-3-2-4-6-9/h3-7H,1H3,(H,11,12)/b8-7-. The van der Waals surface area contributed by atoms with Gasteiger partial charge in [-0.15, -0.1) is 0 Å². The van der Waals surface area contributed by atoms with Crippen molar-refractivity contribution in [1.29, 1.82) is 0 Å². The van der Waals surface area contributed by atoms with Gasteiger partial charge in [-0.3, -0.25) is 0 Å². The summed E-state index contributed by atoms with van der Waals surface area (Å²) in [6.45, 7) is 1.57. The molecule has 0 aromatic heterocycles. The molecule has 0 saturated heterocycles. The lowest BCUT2D eigenvalue weighted by Crippen LogP contribution is -1.95. The molecule has 0 aliphatic carbocycles. The van der Waals surface area contributed by atoms with Crippen molar-refractivity contribution in [3.63, 3.8) is 0 Å². The summed E-state index contributed by atoms with van der Waals surface area (Å²) in [5.74, 6) is -0.886. The van der Waals surface area contributed by atoms with Gasteiger partial charge in [-0.05, 0) is 24.6 Å². The van der Waals surface area contributed by atoms with E-state index >= 15 is 0 Å². The summed E-state index contributed by atoms with van der Waals surface area (Å²) in [5.41, 5.74) is 1.22. The Labute approximate surface area is 71.2 Å². The van der Waals surface area contributed by atoms with Crippen LogP contribution in [0, 0.1) is 6.07 Å². The Balaban J connectivity index is 2.89. The van der Waals surface area contributed by atoms with E-state index in [1.165, 1.54) is 0 Å². The Morgan fingerprint density at radius 3 is 2.58 bits per heavy atom. The maximum Gasteiger partial charge on any atom is 0.331 e.